The van der Waals surface area contributed by atoms with Crippen LogP contribution in [-0.2, 0) is 4.74 Å². The first-order valence-electron chi connectivity index (χ1n) is 5.56. The Morgan fingerprint density at radius 3 is 2.53 bits per heavy atom. The number of nitrogens with zero attached hydrogens (tertiary/aromatic N) is 2. The van der Waals surface area contributed by atoms with Gasteiger partial charge in [0.05, 0.1) is 17.3 Å². The molecule has 1 aromatic heterocycles. The molecular formula is C13H12BrN3O2. The van der Waals surface area contributed by atoms with Gasteiger partial charge in [0.15, 0.2) is 0 Å². The van der Waals surface area contributed by atoms with Crippen molar-refractivity contribution in [2.24, 2.45) is 0 Å². The molecule has 0 aliphatic carbocycles. The first-order chi connectivity index (χ1) is 9.17. The lowest BCUT2D eigenvalue weighted by atomic mass is 10.1. The zero-order valence-electron chi connectivity index (χ0n) is 10.5. The number of hydrogen-bond donors (Lipinski definition) is 1. The van der Waals surface area contributed by atoms with Crippen molar-refractivity contribution in [2.45, 2.75) is 0 Å². The Hall–Kier alpha value is -1.95. The van der Waals surface area contributed by atoms with E-state index in [9.17, 15) is 4.79 Å². The molecule has 0 bridgehead atoms. The van der Waals surface area contributed by atoms with Gasteiger partial charge in [-0.2, -0.15) is 0 Å². The van der Waals surface area contributed by atoms with Crippen LogP contribution in [0.15, 0.2) is 34.8 Å². The van der Waals surface area contributed by atoms with E-state index in [1.165, 1.54) is 7.11 Å². The molecule has 0 amide bonds. The standard InChI is InChI=1S/C13H12BrN3O2/c1-15-11-9(14)10(8-6-4-3-5-7-8)16-12(17-11)13(18)19-2/h3-7H,1-2H3,(H,15,16,17). The van der Waals surface area contributed by atoms with E-state index in [-0.39, 0.29) is 5.82 Å². The molecule has 98 valence electrons. The Balaban J connectivity index is 2.62. The van der Waals surface area contributed by atoms with E-state index in [0.29, 0.717) is 16.0 Å². The monoisotopic (exact) mass is 321 g/mol. The molecule has 0 aliphatic heterocycles. The number of methoxy groups -OCH3 is 1. The zero-order valence-corrected chi connectivity index (χ0v) is 12.1. The summed E-state index contributed by atoms with van der Waals surface area (Å²) < 4.78 is 5.36. The van der Waals surface area contributed by atoms with Crippen LogP contribution in [0.4, 0.5) is 5.82 Å². The number of carbonyl (C=O) groups is 1. The molecule has 0 unspecified atom stereocenters. The largest absolute Gasteiger partial charge is 0.463 e. The van der Waals surface area contributed by atoms with E-state index >= 15 is 0 Å². The van der Waals surface area contributed by atoms with Crippen molar-refractivity contribution in [3.05, 3.63) is 40.6 Å². The molecule has 5 nitrogen and oxygen atoms in total. The van der Waals surface area contributed by atoms with Crippen LogP contribution in [0.3, 0.4) is 0 Å². The molecular weight excluding hydrogens is 310 g/mol. The van der Waals surface area contributed by atoms with Gasteiger partial charge in [0, 0.05) is 12.6 Å². The van der Waals surface area contributed by atoms with Crippen molar-refractivity contribution in [3.63, 3.8) is 0 Å². The minimum Gasteiger partial charge on any atom is -0.463 e. The quantitative estimate of drug-likeness (QED) is 0.880. The number of esters is 1. The number of carbonyl (C=O) groups excluding carboxylic acids is 1. The highest BCUT2D eigenvalue weighted by molar-refractivity contribution is 9.10. The lowest BCUT2D eigenvalue weighted by Gasteiger charge is -2.10. The second kappa shape index (κ2) is 5.79. The molecule has 0 aliphatic rings. The summed E-state index contributed by atoms with van der Waals surface area (Å²) in [5, 5.41) is 2.92. The molecule has 1 aromatic carbocycles. The highest BCUT2D eigenvalue weighted by Gasteiger charge is 2.17. The van der Waals surface area contributed by atoms with Crippen molar-refractivity contribution in [1.29, 1.82) is 0 Å². The van der Waals surface area contributed by atoms with Crippen LogP contribution < -0.4 is 5.32 Å². The Labute approximate surface area is 119 Å². The maximum absolute atomic E-state index is 11.6. The molecule has 0 saturated heterocycles. The van der Waals surface area contributed by atoms with Crippen LogP contribution in [-0.4, -0.2) is 30.1 Å². The molecule has 0 radical (unpaired) electrons. The minimum atomic E-state index is -0.568. The van der Waals surface area contributed by atoms with Gasteiger partial charge in [-0.1, -0.05) is 30.3 Å². The molecule has 2 aromatic rings. The van der Waals surface area contributed by atoms with Gasteiger partial charge in [0.25, 0.3) is 0 Å². The van der Waals surface area contributed by atoms with Gasteiger partial charge >= 0.3 is 5.97 Å². The Kier molecular flexibility index (Phi) is 4.11. The number of rotatable bonds is 3. The molecule has 0 fully saturated rings. The number of nitrogens with one attached hydrogen (secondary N) is 1. The third-order valence-corrected chi connectivity index (χ3v) is 3.25. The fourth-order valence-electron chi connectivity index (χ4n) is 1.58. The molecule has 1 heterocycles. The van der Waals surface area contributed by atoms with E-state index in [0.717, 1.165) is 5.56 Å². The zero-order chi connectivity index (χ0) is 13.8. The second-order valence-corrected chi connectivity index (χ2v) is 4.46. The summed E-state index contributed by atoms with van der Waals surface area (Å²) in [6.45, 7) is 0. The fourth-order valence-corrected chi connectivity index (χ4v) is 2.19. The predicted molar refractivity (Wildman–Crippen MR) is 76.1 cm³/mol. The molecule has 0 atom stereocenters. The van der Waals surface area contributed by atoms with Crippen molar-refractivity contribution in [2.75, 3.05) is 19.5 Å². The van der Waals surface area contributed by atoms with Gasteiger partial charge in [-0.15, -0.1) is 0 Å². The van der Waals surface area contributed by atoms with Gasteiger partial charge in [-0.3, -0.25) is 0 Å². The summed E-state index contributed by atoms with van der Waals surface area (Å²) in [4.78, 5) is 19.9. The first kappa shape index (κ1) is 13.5. The van der Waals surface area contributed by atoms with Crippen LogP contribution in [0.25, 0.3) is 11.3 Å². The van der Waals surface area contributed by atoms with Gasteiger partial charge in [0.1, 0.15) is 5.82 Å². The number of ether oxygens (including phenoxy) is 1. The predicted octanol–water partition coefficient (Wildman–Crippen LogP) is 2.73. The molecule has 2 rings (SSSR count). The maximum Gasteiger partial charge on any atom is 0.376 e. The highest BCUT2D eigenvalue weighted by Crippen LogP contribution is 2.31. The molecule has 0 saturated carbocycles. The van der Waals surface area contributed by atoms with Crippen LogP contribution in [0.5, 0.6) is 0 Å². The summed E-state index contributed by atoms with van der Waals surface area (Å²) >= 11 is 3.44. The van der Waals surface area contributed by atoms with E-state index in [4.69, 9.17) is 0 Å². The topological polar surface area (TPSA) is 64.1 Å². The normalized spacial score (nSPS) is 10.1. The van der Waals surface area contributed by atoms with E-state index in [2.05, 4.69) is 36.0 Å². The average Bonchev–Trinajstić information content (AvgIpc) is 2.47. The SMILES string of the molecule is CNc1nc(C(=O)OC)nc(-c2ccccc2)c1Br. The average molecular weight is 322 g/mol. The van der Waals surface area contributed by atoms with Crippen molar-refractivity contribution >= 4 is 27.7 Å². The first-order valence-corrected chi connectivity index (χ1v) is 6.35. The number of halogens is 1. The number of benzene rings is 1. The fraction of sp³-hybridized carbons (Fsp3) is 0.154. The van der Waals surface area contributed by atoms with Crippen LogP contribution >= 0.6 is 15.9 Å². The molecule has 19 heavy (non-hydrogen) atoms. The number of hydrogen-bond acceptors (Lipinski definition) is 5. The third-order valence-electron chi connectivity index (χ3n) is 2.50. The summed E-state index contributed by atoms with van der Waals surface area (Å²) in [5.74, 6) is -0.00987. The lowest BCUT2D eigenvalue weighted by Crippen LogP contribution is -2.11. The van der Waals surface area contributed by atoms with Crippen LogP contribution in [0.2, 0.25) is 0 Å². The van der Waals surface area contributed by atoms with Crippen molar-refractivity contribution < 1.29 is 9.53 Å². The van der Waals surface area contributed by atoms with Gasteiger partial charge < -0.3 is 10.1 Å². The van der Waals surface area contributed by atoms with Crippen LogP contribution in [0, 0.1) is 0 Å². The Morgan fingerprint density at radius 1 is 1.26 bits per heavy atom. The third kappa shape index (κ3) is 2.73. The van der Waals surface area contributed by atoms with Crippen molar-refractivity contribution in [1.82, 2.24) is 9.97 Å². The number of aromatic nitrogens is 2. The van der Waals surface area contributed by atoms with E-state index < -0.39 is 5.97 Å². The van der Waals surface area contributed by atoms with E-state index in [1.807, 2.05) is 30.3 Å². The van der Waals surface area contributed by atoms with Gasteiger partial charge in [0.2, 0.25) is 5.82 Å². The molecule has 0 spiro atoms. The Morgan fingerprint density at radius 2 is 1.95 bits per heavy atom. The highest BCUT2D eigenvalue weighted by atomic mass is 79.9. The summed E-state index contributed by atoms with van der Waals surface area (Å²) in [5.41, 5.74) is 1.53. The summed E-state index contributed by atoms with van der Waals surface area (Å²) in [6.07, 6.45) is 0. The second-order valence-electron chi connectivity index (χ2n) is 3.67. The van der Waals surface area contributed by atoms with Gasteiger partial charge in [-0.05, 0) is 15.9 Å². The van der Waals surface area contributed by atoms with Gasteiger partial charge in [-0.25, -0.2) is 14.8 Å². The van der Waals surface area contributed by atoms with E-state index in [1.54, 1.807) is 7.05 Å². The number of anilines is 1. The summed E-state index contributed by atoms with van der Waals surface area (Å²) in [6, 6.07) is 9.54. The Bertz CT molecular complexity index is 602. The van der Waals surface area contributed by atoms with Crippen molar-refractivity contribution in [3.8, 4) is 11.3 Å². The lowest BCUT2D eigenvalue weighted by molar-refractivity contribution is 0.0587. The smallest absolute Gasteiger partial charge is 0.376 e. The maximum atomic E-state index is 11.6. The summed E-state index contributed by atoms with van der Waals surface area (Å²) in [7, 11) is 3.03. The minimum absolute atomic E-state index is 0.0221. The van der Waals surface area contributed by atoms with Crippen LogP contribution in [0.1, 0.15) is 10.6 Å². The molecule has 1 N–H and O–H groups in total. The molecule has 6 heteroatoms.